The van der Waals surface area contributed by atoms with Gasteiger partial charge >= 0.3 is 0 Å². The molecule has 24 heavy (non-hydrogen) atoms. The van der Waals surface area contributed by atoms with Crippen LogP contribution < -0.4 is 0 Å². The third kappa shape index (κ3) is 3.59. The summed E-state index contributed by atoms with van der Waals surface area (Å²) in [7, 11) is 1.49. The molecule has 1 atom stereocenters. The van der Waals surface area contributed by atoms with Gasteiger partial charge in [-0.15, -0.1) is 0 Å². The highest BCUT2D eigenvalue weighted by Crippen LogP contribution is 2.28. The average molecular weight is 399 g/mol. The molecule has 126 valence electrons. The predicted octanol–water partition coefficient (Wildman–Crippen LogP) is 4.47. The Bertz CT molecular complexity index is 814. The minimum Gasteiger partial charge on any atom is -0.335 e. The van der Waals surface area contributed by atoms with Crippen LogP contribution in [0.4, 0.5) is 14.5 Å². The lowest BCUT2D eigenvalue weighted by atomic mass is 10.1. The van der Waals surface area contributed by atoms with Crippen LogP contribution in [0.15, 0.2) is 40.9 Å². The van der Waals surface area contributed by atoms with Crippen LogP contribution in [0.5, 0.6) is 0 Å². The molecule has 8 heteroatoms. The fourth-order valence-electron chi connectivity index (χ4n) is 2.16. The highest BCUT2D eigenvalue weighted by molar-refractivity contribution is 9.10. The van der Waals surface area contributed by atoms with Gasteiger partial charge in [-0.2, -0.15) is 0 Å². The first kappa shape index (κ1) is 18.0. The van der Waals surface area contributed by atoms with Crippen molar-refractivity contribution in [3.05, 3.63) is 73.7 Å². The molecule has 2 aromatic rings. The van der Waals surface area contributed by atoms with Crippen molar-refractivity contribution in [2.75, 3.05) is 7.05 Å². The lowest BCUT2D eigenvalue weighted by molar-refractivity contribution is -0.385. The van der Waals surface area contributed by atoms with Gasteiger partial charge in [-0.05, 0) is 52.7 Å². The minimum atomic E-state index is -1.00. The third-order valence-corrected chi connectivity index (χ3v) is 4.39. The van der Waals surface area contributed by atoms with E-state index in [9.17, 15) is 23.7 Å². The lowest BCUT2D eigenvalue weighted by Gasteiger charge is -2.25. The number of nitro benzene ring substituents is 1. The van der Waals surface area contributed by atoms with Gasteiger partial charge in [0.15, 0.2) is 11.6 Å². The number of carbonyl (C=O) groups excluding carboxylic acids is 1. The number of halogens is 3. The van der Waals surface area contributed by atoms with Gasteiger partial charge in [0.2, 0.25) is 0 Å². The summed E-state index contributed by atoms with van der Waals surface area (Å²) >= 11 is 3.05. The maximum Gasteiger partial charge on any atom is 0.284 e. The molecule has 2 aromatic carbocycles. The molecule has 5 nitrogen and oxygen atoms in total. The monoisotopic (exact) mass is 398 g/mol. The Hall–Kier alpha value is -2.35. The van der Waals surface area contributed by atoms with Gasteiger partial charge in [0, 0.05) is 18.7 Å². The Kier molecular flexibility index (Phi) is 5.28. The highest BCUT2D eigenvalue weighted by atomic mass is 79.9. The van der Waals surface area contributed by atoms with E-state index in [2.05, 4.69) is 15.9 Å². The summed E-state index contributed by atoms with van der Waals surface area (Å²) in [6.45, 7) is 1.65. The molecule has 0 fully saturated rings. The zero-order chi connectivity index (χ0) is 18.0. The van der Waals surface area contributed by atoms with Gasteiger partial charge < -0.3 is 4.90 Å². The zero-order valence-corrected chi connectivity index (χ0v) is 14.4. The largest absolute Gasteiger partial charge is 0.335 e. The molecule has 2 rings (SSSR count). The standard InChI is InChI=1S/C16H13BrF2N2O3/c1-9(10-4-6-13(18)14(19)7-10)20(2)16(22)11-3-5-12(17)15(8-11)21(23)24/h3-9H,1-2H3. The molecule has 0 saturated heterocycles. The van der Waals surface area contributed by atoms with Crippen molar-refractivity contribution in [2.24, 2.45) is 0 Å². The van der Waals surface area contributed by atoms with Crippen LogP contribution in [0.1, 0.15) is 28.9 Å². The van der Waals surface area contributed by atoms with Crippen molar-refractivity contribution in [3.8, 4) is 0 Å². The summed E-state index contributed by atoms with van der Waals surface area (Å²) in [5.41, 5.74) is 0.313. The van der Waals surface area contributed by atoms with Gasteiger partial charge in [-0.3, -0.25) is 14.9 Å². The number of nitro groups is 1. The number of hydrogen-bond donors (Lipinski definition) is 0. The van der Waals surface area contributed by atoms with E-state index in [-0.39, 0.29) is 15.7 Å². The van der Waals surface area contributed by atoms with Crippen LogP contribution in [0, 0.1) is 21.7 Å². The van der Waals surface area contributed by atoms with Crippen LogP contribution in [-0.2, 0) is 0 Å². The van der Waals surface area contributed by atoms with E-state index < -0.39 is 28.5 Å². The Balaban J connectivity index is 2.30. The van der Waals surface area contributed by atoms with Crippen LogP contribution in [-0.4, -0.2) is 22.8 Å². The number of hydrogen-bond acceptors (Lipinski definition) is 3. The SMILES string of the molecule is CC(c1ccc(F)c(F)c1)N(C)C(=O)c1ccc(Br)c([N+](=O)[O-])c1. The van der Waals surface area contributed by atoms with Gasteiger partial charge in [0.25, 0.3) is 11.6 Å². The molecule has 0 saturated carbocycles. The number of rotatable bonds is 4. The first-order valence-electron chi connectivity index (χ1n) is 6.88. The van der Waals surface area contributed by atoms with Crippen molar-refractivity contribution in [3.63, 3.8) is 0 Å². The molecular weight excluding hydrogens is 386 g/mol. The molecule has 0 N–H and O–H groups in total. The molecule has 0 aliphatic carbocycles. The molecule has 0 bridgehead atoms. The number of benzene rings is 2. The number of carbonyl (C=O) groups is 1. The fourth-order valence-corrected chi connectivity index (χ4v) is 2.55. The smallest absolute Gasteiger partial charge is 0.284 e. The number of amides is 1. The summed E-state index contributed by atoms with van der Waals surface area (Å²) in [5.74, 6) is -2.44. The Morgan fingerprint density at radius 1 is 1.21 bits per heavy atom. The molecular formula is C16H13BrF2N2O3. The van der Waals surface area contributed by atoms with E-state index >= 15 is 0 Å². The van der Waals surface area contributed by atoms with Crippen molar-refractivity contribution in [1.82, 2.24) is 4.90 Å². The molecule has 0 aromatic heterocycles. The predicted molar refractivity (Wildman–Crippen MR) is 87.7 cm³/mol. The first-order valence-corrected chi connectivity index (χ1v) is 7.67. The Morgan fingerprint density at radius 2 is 1.88 bits per heavy atom. The maximum absolute atomic E-state index is 13.4. The minimum absolute atomic E-state index is 0.127. The molecule has 0 aliphatic heterocycles. The Labute approximate surface area is 145 Å². The summed E-state index contributed by atoms with van der Waals surface area (Å²) < 4.78 is 26.6. The van der Waals surface area contributed by atoms with Gasteiger partial charge in [0.1, 0.15) is 0 Å². The average Bonchev–Trinajstić information content (AvgIpc) is 2.55. The molecule has 0 aliphatic rings. The molecule has 1 unspecified atom stereocenters. The van der Waals surface area contributed by atoms with Crippen molar-refractivity contribution >= 4 is 27.5 Å². The van der Waals surface area contributed by atoms with Crippen LogP contribution in [0.2, 0.25) is 0 Å². The number of nitrogens with zero attached hydrogens (tertiary/aromatic N) is 2. The molecule has 0 spiro atoms. The van der Waals surface area contributed by atoms with E-state index in [0.717, 1.165) is 12.1 Å². The zero-order valence-electron chi connectivity index (χ0n) is 12.8. The van der Waals surface area contributed by atoms with Crippen molar-refractivity contribution in [1.29, 1.82) is 0 Å². The van der Waals surface area contributed by atoms with Crippen LogP contribution in [0.3, 0.4) is 0 Å². The first-order chi connectivity index (χ1) is 11.2. The summed E-state index contributed by atoms with van der Waals surface area (Å²) in [6, 6.07) is 6.89. The Morgan fingerprint density at radius 3 is 2.46 bits per heavy atom. The van der Waals surface area contributed by atoms with Crippen LogP contribution in [0.25, 0.3) is 0 Å². The van der Waals surface area contributed by atoms with Gasteiger partial charge in [-0.1, -0.05) is 6.07 Å². The quantitative estimate of drug-likeness (QED) is 0.563. The van der Waals surface area contributed by atoms with E-state index in [4.69, 9.17) is 0 Å². The fraction of sp³-hybridized carbons (Fsp3) is 0.188. The third-order valence-electron chi connectivity index (χ3n) is 3.72. The summed E-state index contributed by atoms with van der Waals surface area (Å²) in [4.78, 5) is 24.2. The van der Waals surface area contributed by atoms with Crippen LogP contribution >= 0.6 is 15.9 Å². The second kappa shape index (κ2) is 7.04. The van der Waals surface area contributed by atoms with E-state index in [1.807, 2.05) is 0 Å². The van der Waals surface area contributed by atoms with E-state index in [1.165, 1.54) is 36.2 Å². The highest BCUT2D eigenvalue weighted by Gasteiger charge is 2.22. The topological polar surface area (TPSA) is 63.5 Å². The van der Waals surface area contributed by atoms with Gasteiger partial charge in [0.05, 0.1) is 15.4 Å². The molecule has 0 heterocycles. The second-order valence-electron chi connectivity index (χ2n) is 5.19. The lowest BCUT2D eigenvalue weighted by Crippen LogP contribution is -2.29. The van der Waals surface area contributed by atoms with Crippen molar-refractivity contribution < 1.29 is 18.5 Å². The van der Waals surface area contributed by atoms with E-state index in [0.29, 0.717) is 5.56 Å². The molecule has 0 radical (unpaired) electrons. The maximum atomic E-state index is 13.4. The van der Waals surface area contributed by atoms with E-state index in [1.54, 1.807) is 6.92 Å². The summed E-state index contributed by atoms with van der Waals surface area (Å²) in [5, 5.41) is 11.0. The van der Waals surface area contributed by atoms with Gasteiger partial charge in [-0.25, -0.2) is 8.78 Å². The normalized spacial score (nSPS) is 11.9. The molecule has 1 amide bonds. The second-order valence-corrected chi connectivity index (χ2v) is 6.04. The summed E-state index contributed by atoms with van der Waals surface area (Å²) in [6.07, 6.45) is 0. The van der Waals surface area contributed by atoms with Crippen molar-refractivity contribution in [2.45, 2.75) is 13.0 Å².